The Kier molecular flexibility index (Phi) is 4.57. The van der Waals surface area contributed by atoms with E-state index in [1.807, 2.05) is 18.2 Å². The van der Waals surface area contributed by atoms with Crippen LogP contribution < -0.4 is 19.7 Å². The van der Waals surface area contributed by atoms with E-state index in [4.69, 9.17) is 9.47 Å². The highest BCUT2D eigenvalue weighted by atomic mass is 16.7. The Hall–Kier alpha value is -2.87. The molecular formula is C18H21N5O3. The molecule has 4 rings (SSSR count). The number of nitrogens with zero attached hydrogens (tertiary/aromatic N) is 4. The fourth-order valence-corrected chi connectivity index (χ4v) is 2.96. The number of nitrogens with one attached hydrogen (secondary N) is 1. The van der Waals surface area contributed by atoms with Crippen molar-refractivity contribution in [3.8, 4) is 11.5 Å². The van der Waals surface area contributed by atoms with Gasteiger partial charge in [0.05, 0.1) is 12.4 Å². The molecule has 1 amide bonds. The first kappa shape index (κ1) is 16.6. The van der Waals surface area contributed by atoms with Gasteiger partial charge in [-0.2, -0.15) is 0 Å². The van der Waals surface area contributed by atoms with Crippen LogP contribution in [0.15, 0.2) is 30.6 Å². The summed E-state index contributed by atoms with van der Waals surface area (Å²) in [6.07, 6.45) is 3.20. The van der Waals surface area contributed by atoms with E-state index < -0.39 is 0 Å². The molecule has 136 valence electrons. The van der Waals surface area contributed by atoms with Crippen LogP contribution in [0, 0.1) is 0 Å². The Bertz CT molecular complexity index is 788. The molecule has 2 aliphatic rings. The molecule has 3 heterocycles. The SMILES string of the molecule is CN1CCN(c2cnc(C(=O)NCc3ccc4c(c3)OCO4)cn2)CC1. The molecule has 1 saturated heterocycles. The molecule has 8 nitrogen and oxygen atoms in total. The summed E-state index contributed by atoms with van der Waals surface area (Å²) < 4.78 is 10.6. The predicted molar refractivity (Wildman–Crippen MR) is 95.5 cm³/mol. The van der Waals surface area contributed by atoms with E-state index in [0.717, 1.165) is 43.3 Å². The number of benzene rings is 1. The van der Waals surface area contributed by atoms with Gasteiger partial charge in [0, 0.05) is 32.7 Å². The third-order valence-corrected chi connectivity index (χ3v) is 4.59. The minimum atomic E-state index is -0.250. The fraction of sp³-hybridized carbons (Fsp3) is 0.389. The molecule has 1 aromatic carbocycles. The number of hydrogen-bond acceptors (Lipinski definition) is 7. The number of ether oxygens (including phenoxy) is 2. The number of aromatic nitrogens is 2. The summed E-state index contributed by atoms with van der Waals surface area (Å²) in [5.74, 6) is 1.99. The first-order chi connectivity index (χ1) is 12.7. The zero-order valence-electron chi connectivity index (χ0n) is 14.6. The van der Waals surface area contributed by atoms with Gasteiger partial charge in [0.25, 0.3) is 5.91 Å². The van der Waals surface area contributed by atoms with E-state index in [-0.39, 0.29) is 12.7 Å². The number of likely N-dealkylation sites (N-methyl/N-ethyl adjacent to an activating group) is 1. The number of anilines is 1. The van der Waals surface area contributed by atoms with Gasteiger partial charge in [0.2, 0.25) is 6.79 Å². The maximum Gasteiger partial charge on any atom is 0.271 e. The molecule has 1 aromatic heterocycles. The Morgan fingerprint density at radius 1 is 1.12 bits per heavy atom. The van der Waals surface area contributed by atoms with Crippen molar-refractivity contribution in [2.75, 3.05) is 44.9 Å². The van der Waals surface area contributed by atoms with Gasteiger partial charge in [-0.05, 0) is 24.7 Å². The van der Waals surface area contributed by atoms with E-state index in [1.54, 1.807) is 6.20 Å². The van der Waals surface area contributed by atoms with Crippen molar-refractivity contribution in [1.82, 2.24) is 20.2 Å². The van der Waals surface area contributed by atoms with Gasteiger partial charge in [0.15, 0.2) is 11.5 Å². The van der Waals surface area contributed by atoms with Crippen LogP contribution in [0.2, 0.25) is 0 Å². The topological polar surface area (TPSA) is 79.8 Å². The van der Waals surface area contributed by atoms with Crippen molar-refractivity contribution in [2.45, 2.75) is 6.54 Å². The summed E-state index contributed by atoms with van der Waals surface area (Å²) in [7, 11) is 2.11. The molecule has 0 unspecified atom stereocenters. The Morgan fingerprint density at radius 3 is 2.69 bits per heavy atom. The lowest BCUT2D eigenvalue weighted by molar-refractivity contribution is 0.0945. The minimum absolute atomic E-state index is 0.236. The Labute approximate surface area is 151 Å². The number of piperazine rings is 1. The lowest BCUT2D eigenvalue weighted by Crippen LogP contribution is -2.44. The van der Waals surface area contributed by atoms with Gasteiger partial charge in [-0.25, -0.2) is 9.97 Å². The fourth-order valence-electron chi connectivity index (χ4n) is 2.96. The third-order valence-electron chi connectivity index (χ3n) is 4.59. The van der Waals surface area contributed by atoms with Crippen molar-refractivity contribution in [3.05, 3.63) is 41.9 Å². The molecule has 0 saturated carbocycles. The van der Waals surface area contributed by atoms with E-state index in [2.05, 4.69) is 32.1 Å². The van der Waals surface area contributed by atoms with E-state index in [9.17, 15) is 4.79 Å². The average molecular weight is 355 g/mol. The van der Waals surface area contributed by atoms with Gasteiger partial charge in [-0.15, -0.1) is 0 Å². The van der Waals surface area contributed by atoms with Crippen molar-refractivity contribution < 1.29 is 14.3 Å². The maximum absolute atomic E-state index is 12.3. The van der Waals surface area contributed by atoms with Crippen LogP contribution in [0.25, 0.3) is 0 Å². The van der Waals surface area contributed by atoms with E-state index in [0.29, 0.717) is 18.0 Å². The highest BCUT2D eigenvalue weighted by Crippen LogP contribution is 2.32. The lowest BCUT2D eigenvalue weighted by atomic mass is 10.2. The quantitative estimate of drug-likeness (QED) is 0.872. The van der Waals surface area contributed by atoms with E-state index in [1.165, 1.54) is 6.20 Å². The van der Waals surface area contributed by atoms with Gasteiger partial charge in [0.1, 0.15) is 11.5 Å². The summed E-state index contributed by atoms with van der Waals surface area (Å²) in [6, 6.07) is 5.61. The standard InChI is InChI=1S/C18H21N5O3/c1-22-4-6-23(7-5-22)17-11-19-14(10-20-17)18(24)21-9-13-2-3-15-16(8-13)26-12-25-15/h2-3,8,10-11H,4-7,9,12H2,1H3,(H,21,24). The molecule has 26 heavy (non-hydrogen) atoms. The lowest BCUT2D eigenvalue weighted by Gasteiger charge is -2.32. The summed E-state index contributed by atoms with van der Waals surface area (Å²) in [5.41, 5.74) is 1.24. The number of fused-ring (bicyclic) bond motifs is 1. The van der Waals surface area contributed by atoms with Crippen LogP contribution in [-0.4, -0.2) is 60.8 Å². The van der Waals surface area contributed by atoms with Crippen LogP contribution in [0.4, 0.5) is 5.82 Å². The Morgan fingerprint density at radius 2 is 1.92 bits per heavy atom. The molecule has 0 aliphatic carbocycles. The molecule has 1 N–H and O–H groups in total. The molecular weight excluding hydrogens is 334 g/mol. The number of rotatable bonds is 4. The second kappa shape index (κ2) is 7.17. The Balaban J connectivity index is 1.34. The highest BCUT2D eigenvalue weighted by Gasteiger charge is 2.17. The third kappa shape index (κ3) is 3.55. The highest BCUT2D eigenvalue weighted by molar-refractivity contribution is 5.92. The number of amides is 1. The van der Waals surface area contributed by atoms with Crippen molar-refractivity contribution in [3.63, 3.8) is 0 Å². The van der Waals surface area contributed by atoms with Crippen molar-refractivity contribution in [2.24, 2.45) is 0 Å². The zero-order valence-corrected chi connectivity index (χ0v) is 14.6. The van der Waals surface area contributed by atoms with Crippen LogP contribution >= 0.6 is 0 Å². The molecule has 0 bridgehead atoms. The zero-order chi connectivity index (χ0) is 17.9. The first-order valence-corrected chi connectivity index (χ1v) is 8.61. The summed E-state index contributed by atoms with van der Waals surface area (Å²) in [5, 5.41) is 2.85. The van der Waals surface area contributed by atoms with Crippen molar-refractivity contribution in [1.29, 1.82) is 0 Å². The monoisotopic (exact) mass is 355 g/mol. The van der Waals surface area contributed by atoms with Gasteiger partial charge in [-0.3, -0.25) is 4.79 Å². The van der Waals surface area contributed by atoms with Crippen LogP contribution in [0.1, 0.15) is 16.1 Å². The second-order valence-corrected chi connectivity index (χ2v) is 6.42. The minimum Gasteiger partial charge on any atom is -0.454 e. The maximum atomic E-state index is 12.3. The van der Waals surface area contributed by atoms with E-state index >= 15 is 0 Å². The van der Waals surface area contributed by atoms with Gasteiger partial charge in [-0.1, -0.05) is 6.07 Å². The molecule has 8 heteroatoms. The second-order valence-electron chi connectivity index (χ2n) is 6.42. The van der Waals surface area contributed by atoms with Gasteiger partial charge >= 0.3 is 0 Å². The van der Waals surface area contributed by atoms with Crippen LogP contribution in [0.5, 0.6) is 11.5 Å². The molecule has 0 spiro atoms. The largest absolute Gasteiger partial charge is 0.454 e. The summed E-state index contributed by atoms with van der Waals surface area (Å²) in [4.78, 5) is 25.4. The number of carbonyl (C=O) groups excluding carboxylic acids is 1. The molecule has 1 fully saturated rings. The molecule has 0 atom stereocenters. The van der Waals surface area contributed by atoms with Crippen LogP contribution in [-0.2, 0) is 6.54 Å². The summed E-state index contributed by atoms with van der Waals surface area (Å²) >= 11 is 0. The predicted octanol–water partition coefficient (Wildman–Crippen LogP) is 0.887. The first-order valence-electron chi connectivity index (χ1n) is 8.61. The molecule has 2 aliphatic heterocycles. The normalized spacial score (nSPS) is 16.6. The average Bonchev–Trinajstić information content (AvgIpc) is 3.15. The number of hydrogen-bond donors (Lipinski definition) is 1. The number of carbonyl (C=O) groups is 1. The summed E-state index contributed by atoms with van der Waals surface area (Å²) in [6.45, 7) is 4.46. The molecule has 0 radical (unpaired) electrons. The van der Waals surface area contributed by atoms with Crippen molar-refractivity contribution >= 4 is 11.7 Å². The molecule has 2 aromatic rings. The van der Waals surface area contributed by atoms with Crippen LogP contribution in [0.3, 0.4) is 0 Å². The smallest absolute Gasteiger partial charge is 0.271 e. The van der Waals surface area contributed by atoms with Gasteiger partial charge < -0.3 is 24.6 Å².